The van der Waals surface area contributed by atoms with Crippen LogP contribution in [0.2, 0.25) is 5.02 Å². The van der Waals surface area contributed by atoms with Crippen molar-refractivity contribution in [2.24, 2.45) is 0 Å². The zero-order chi connectivity index (χ0) is 19.8. The average molecular weight is 443 g/mol. The molecule has 0 amide bonds. The minimum atomic E-state index is -2.47. The minimum Gasteiger partial charge on any atom is -0.437 e. The van der Waals surface area contributed by atoms with Crippen LogP contribution in [-0.2, 0) is 18.4 Å². The van der Waals surface area contributed by atoms with Crippen LogP contribution in [0.3, 0.4) is 0 Å². The molecule has 1 saturated carbocycles. The fourth-order valence-electron chi connectivity index (χ4n) is 4.40. The van der Waals surface area contributed by atoms with Crippen LogP contribution in [0.15, 0.2) is 60.7 Å². The van der Waals surface area contributed by atoms with E-state index < -0.39 is 6.57 Å². The van der Waals surface area contributed by atoms with Gasteiger partial charge in [-0.05, 0) is 65.8 Å². The number of nitrogens with zero attached hydrogens (tertiary/aromatic N) is 1. The van der Waals surface area contributed by atoms with Crippen molar-refractivity contribution < 1.29 is 4.52 Å². The molecule has 0 aromatic heterocycles. The lowest BCUT2D eigenvalue weighted by Gasteiger charge is -2.43. The lowest BCUT2D eigenvalue weighted by Crippen LogP contribution is -2.39. The van der Waals surface area contributed by atoms with Gasteiger partial charge in [-0.1, -0.05) is 61.2 Å². The molecule has 3 aromatic rings. The largest absolute Gasteiger partial charge is 0.437 e. The van der Waals surface area contributed by atoms with E-state index in [-0.39, 0.29) is 0 Å². The quantitative estimate of drug-likeness (QED) is 0.439. The van der Waals surface area contributed by atoms with Crippen molar-refractivity contribution in [1.82, 2.24) is 5.09 Å². The number of hydrogen-bond acceptors (Lipinski definition) is 2. The second kappa shape index (κ2) is 7.92. The molecule has 1 fully saturated rings. The van der Waals surface area contributed by atoms with E-state index in [9.17, 15) is 0 Å². The third-order valence-corrected chi connectivity index (χ3v) is 9.45. The molecule has 0 bridgehead atoms. The van der Waals surface area contributed by atoms with Crippen LogP contribution in [0.1, 0.15) is 37.7 Å². The van der Waals surface area contributed by atoms with Crippen LogP contribution in [0, 0.1) is 0 Å². The Hall–Kier alpha value is -1.58. The van der Waals surface area contributed by atoms with Gasteiger partial charge in [0, 0.05) is 22.3 Å². The van der Waals surface area contributed by atoms with E-state index in [2.05, 4.69) is 46.2 Å². The van der Waals surface area contributed by atoms with Gasteiger partial charge in [0.2, 0.25) is 0 Å². The van der Waals surface area contributed by atoms with Gasteiger partial charge in [0.15, 0.2) is 0 Å². The number of rotatable bonds is 3. The monoisotopic (exact) mass is 442 g/mol. The van der Waals surface area contributed by atoms with E-state index in [1.165, 1.54) is 48.4 Å². The van der Waals surface area contributed by atoms with Gasteiger partial charge in [0.25, 0.3) is 6.57 Å². The molecule has 6 heteroatoms. The number of benzene rings is 3. The summed E-state index contributed by atoms with van der Waals surface area (Å²) in [5, 5.41) is 6.96. The third kappa shape index (κ3) is 3.80. The summed E-state index contributed by atoms with van der Waals surface area (Å²) < 4.78 is 8.90. The van der Waals surface area contributed by atoms with Crippen molar-refractivity contribution in [2.75, 3.05) is 4.67 Å². The Morgan fingerprint density at radius 2 is 1.72 bits per heavy atom. The fraction of sp³-hybridized carbons (Fsp3) is 0.304. The smallest absolute Gasteiger partial charge is 0.276 e. The zero-order valence-corrected chi connectivity index (χ0v) is 18.6. The maximum absolute atomic E-state index is 6.64. The van der Waals surface area contributed by atoms with Gasteiger partial charge in [0.05, 0.1) is 6.54 Å². The summed E-state index contributed by atoms with van der Waals surface area (Å²) in [5.74, 6) is 0.917. The summed E-state index contributed by atoms with van der Waals surface area (Å²) in [4.78, 5) is 0. The molecule has 3 aromatic carbocycles. The Kier molecular flexibility index (Phi) is 5.30. The highest BCUT2D eigenvalue weighted by atomic mass is 35.5. The number of hydrogen-bond donors (Lipinski definition) is 1. The molecule has 1 heterocycles. The normalized spacial score (nSPS) is 22.3. The Morgan fingerprint density at radius 3 is 2.52 bits per heavy atom. The van der Waals surface area contributed by atoms with Gasteiger partial charge in [-0.25, -0.2) is 5.09 Å². The molecule has 2 aliphatic rings. The van der Waals surface area contributed by atoms with Crippen molar-refractivity contribution in [3.8, 4) is 5.75 Å². The highest BCUT2D eigenvalue weighted by Crippen LogP contribution is 2.57. The molecule has 29 heavy (non-hydrogen) atoms. The topological polar surface area (TPSA) is 24.5 Å². The Bertz CT molecular complexity index is 1080. The van der Waals surface area contributed by atoms with Crippen LogP contribution in [0.25, 0.3) is 10.8 Å². The van der Waals surface area contributed by atoms with Crippen LogP contribution >= 0.6 is 18.2 Å². The SMILES string of the molecule is S=P1(NC2CCCCC2)Oc2ccc3ccccc3c2CN1c1ccc(Cl)cc1. The van der Waals surface area contributed by atoms with Gasteiger partial charge in [0.1, 0.15) is 5.75 Å². The van der Waals surface area contributed by atoms with E-state index in [0.29, 0.717) is 6.04 Å². The first-order valence-corrected chi connectivity index (χ1v) is 13.3. The molecule has 0 saturated heterocycles. The summed E-state index contributed by atoms with van der Waals surface area (Å²) >= 11 is 12.4. The molecule has 1 unspecified atom stereocenters. The first-order valence-electron chi connectivity index (χ1n) is 10.2. The first-order chi connectivity index (χ1) is 14.1. The Balaban J connectivity index is 1.59. The lowest BCUT2D eigenvalue weighted by molar-refractivity contribution is 0.408. The summed E-state index contributed by atoms with van der Waals surface area (Å²) in [6.45, 7) is -1.73. The van der Waals surface area contributed by atoms with Crippen molar-refractivity contribution in [3.63, 3.8) is 0 Å². The predicted octanol–water partition coefficient (Wildman–Crippen LogP) is 7.04. The molecule has 1 aliphatic carbocycles. The maximum atomic E-state index is 6.64. The number of anilines is 1. The van der Waals surface area contributed by atoms with E-state index >= 15 is 0 Å². The molecule has 3 nitrogen and oxygen atoms in total. The standard InChI is InChI=1S/C23H24ClN2OPS/c24-18-11-13-20(14-12-18)26-16-22-21-9-5-4-6-17(21)10-15-23(22)27-28(26,29)25-19-7-2-1-3-8-19/h4-6,9-15,19H,1-3,7-8,16H2,(H,25,29). The van der Waals surface area contributed by atoms with E-state index in [4.69, 9.17) is 27.9 Å². The van der Waals surface area contributed by atoms with Crippen LogP contribution in [-0.4, -0.2) is 6.04 Å². The van der Waals surface area contributed by atoms with Gasteiger partial charge < -0.3 is 4.52 Å². The molecule has 0 radical (unpaired) electrons. The molecule has 0 spiro atoms. The lowest BCUT2D eigenvalue weighted by atomic mass is 9.96. The van der Waals surface area contributed by atoms with Crippen LogP contribution in [0.5, 0.6) is 5.75 Å². The number of fused-ring (bicyclic) bond motifs is 3. The molecule has 5 rings (SSSR count). The second-order valence-corrected chi connectivity index (χ2v) is 11.8. The van der Waals surface area contributed by atoms with Gasteiger partial charge in [-0.15, -0.1) is 0 Å². The fourth-order valence-corrected chi connectivity index (χ4v) is 7.89. The Labute approximate surface area is 182 Å². The van der Waals surface area contributed by atoms with Crippen LogP contribution < -0.4 is 14.3 Å². The summed E-state index contributed by atoms with van der Waals surface area (Å²) in [7, 11) is 0. The predicted molar refractivity (Wildman–Crippen MR) is 127 cm³/mol. The second-order valence-electron chi connectivity index (χ2n) is 7.87. The molecule has 1 atom stereocenters. The number of nitrogens with one attached hydrogen (secondary N) is 1. The number of halogens is 1. The van der Waals surface area contributed by atoms with Crippen molar-refractivity contribution in [1.29, 1.82) is 0 Å². The summed E-state index contributed by atoms with van der Waals surface area (Å²) in [6, 6.07) is 21.1. The van der Waals surface area contributed by atoms with Crippen LogP contribution in [0.4, 0.5) is 5.69 Å². The molecule has 150 valence electrons. The molecular formula is C23H24ClN2OPS. The average Bonchev–Trinajstić information content (AvgIpc) is 2.74. The minimum absolute atomic E-state index is 0.423. The molecular weight excluding hydrogens is 419 g/mol. The van der Waals surface area contributed by atoms with Gasteiger partial charge in [-0.2, -0.15) is 0 Å². The highest BCUT2D eigenvalue weighted by molar-refractivity contribution is 8.12. The zero-order valence-electron chi connectivity index (χ0n) is 16.2. The van der Waals surface area contributed by atoms with Crippen molar-refractivity contribution in [2.45, 2.75) is 44.7 Å². The third-order valence-electron chi connectivity index (χ3n) is 5.92. The summed E-state index contributed by atoms with van der Waals surface area (Å²) in [6.07, 6.45) is 6.17. The Morgan fingerprint density at radius 1 is 0.966 bits per heavy atom. The van der Waals surface area contributed by atoms with E-state index in [0.717, 1.165) is 23.0 Å². The summed E-state index contributed by atoms with van der Waals surface area (Å²) in [5.41, 5.74) is 2.25. The van der Waals surface area contributed by atoms with E-state index in [1.807, 2.05) is 24.3 Å². The highest BCUT2D eigenvalue weighted by Gasteiger charge is 2.37. The van der Waals surface area contributed by atoms with Gasteiger partial charge >= 0.3 is 0 Å². The van der Waals surface area contributed by atoms with Gasteiger partial charge in [-0.3, -0.25) is 4.67 Å². The first kappa shape index (κ1) is 19.4. The van der Waals surface area contributed by atoms with Crippen molar-refractivity contribution >= 4 is 46.4 Å². The molecule has 1 N–H and O–H groups in total. The maximum Gasteiger partial charge on any atom is 0.276 e. The van der Waals surface area contributed by atoms with E-state index in [1.54, 1.807) is 0 Å². The molecule has 1 aliphatic heterocycles. The van der Waals surface area contributed by atoms with Crippen molar-refractivity contribution in [3.05, 3.63) is 71.2 Å².